The Labute approximate surface area is 81.9 Å². The first-order valence-electron chi connectivity index (χ1n) is 3.98. The minimum absolute atomic E-state index is 0.123. The van der Waals surface area contributed by atoms with Gasteiger partial charge in [0.25, 0.3) is 0 Å². The fourth-order valence-corrected chi connectivity index (χ4v) is 0.994. The van der Waals surface area contributed by atoms with Gasteiger partial charge in [-0.1, -0.05) is 17.9 Å². The van der Waals surface area contributed by atoms with Crippen molar-refractivity contribution in [3.63, 3.8) is 0 Å². The number of halogens is 1. The smallest absolute Gasteiger partial charge is 0.170 e. The zero-order valence-corrected chi connectivity index (χ0v) is 7.67. The van der Waals surface area contributed by atoms with E-state index in [2.05, 4.69) is 11.8 Å². The molecule has 0 atom stereocenters. The summed E-state index contributed by atoms with van der Waals surface area (Å²) in [6.45, 7) is 0. The molecule has 0 bridgehead atoms. The molecule has 0 amide bonds. The third-order valence-corrected chi connectivity index (χ3v) is 1.56. The van der Waals surface area contributed by atoms with E-state index in [0.717, 1.165) is 0 Å². The number of nitriles is 1. The van der Waals surface area contributed by atoms with Gasteiger partial charge >= 0.3 is 0 Å². The van der Waals surface area contributed by atoms with Gasteiger partial charge in [0.2, 0.25) is 0 Å². The lowest BCUT2D eigenvalue weighted by molar-refractivity contribution is 0.385. The lowest BCUT2D eigenvalue weighted by Gasteiger charge is -2.02. The molecule has 0 aliphatic rings. The summed E-state index contributed by atoms with van der Waals surface area (Å²) >= 11 is 0. The largest absolute Gasteiger partial charge is 0.492 e. The van der Waals surface area contributed by atoms with E-state index in [-0.39, 0.29) is 12.2 Å². The van der Waals surface area contributed by atoms with Gasteiger partial charge in [-0.25, -0.2) is 4.39 Å². The summed E-state index contributed by atoms with van der Waals surface area (Å²) < 4.78 is 17.9. The third-order valence-electron chi connectivity index (χ3n) is 1.56. The number of nitrogens with zero attached hydrogens (tertiary/aromatic N) is 1. The zero-order valence-electron chi connectivity index (χ0n) is 7.67. The van der Waals surface area contributed by atoms with Crippen molar-refractivity contribution < 1.29 is 9.13 Å². The summed E-state index contributed by atoms with van der Waals surface area (Å²) in [6.07, 6.45) is 0.125. The van der Waals surface area contributed by atoms with Crippen molar-refractivity contribution in [1.29, 1.82) is 5.26 Å². The van der Waals surface area contributed by atoms with Gasteiger partial charge in [-0.15, -0.1) is 0 Å². The van der Waals surface area contributed by atoms with E-state index >= 15 is 0 Å². The van der Waals surface area contributed by atoms with Crippen molar-refractivity contribution in [3.05, 3.63) is 29.6 Å². The topological polar surface area (TPSA) is 33.0 Å². The van der Waals surface area contributed by atoms with Crippen LogP contribution < -0.4 is 4.74 Å². The molecule has 3 heteroatoms. The van der Waals surface area contributed by atoms with Gasteiger partial charge in [0.1, 0.15) is 0 Å². The highest BCUT2D eigenvalue weighted by Crippen LogP contribution is 2.20. The van der Waals surface area contributed by atoms with Crippen LogP contribution in [-0.4, -0.2) is 7.11 Å². The van der Waals surface area contributed by atoms with Gasteiger partial charge in [0.05, 0.1) is 25.2 Å². The minimum atomic E-state index is -0.448. The Morgan fingerprint density at radius 3 is 2.93 bits per heavy atom. The first-order chi connectivity index (χ1) is 6.79. The molecule has 0 fully saturated rings. The molecule has 1 aromatic carbocycles. The van der Waals surface area contributed by atoms with E-state index in [1.165, 1.54) is 13.2 Å². The molecule has 0 aliphatic heterocycles. The van der Waals surface area contributed by atoms with Crippen molar-refractivity contribution >= 4 is 0 Å². The molecule has 0 aliphatic carbocycles. The highest BCUT2D eigenvalue weighted by atomic mass is 19.1. The van der Waals surface area contributed by atoms with E-state index < -0.39 is 5.82 Å². The monoisotopic (exact) mass is 189 g/mol. The van der Waals surface area contributed by atoms with Crippen LogP contribution in [0.4, 0.5) is 4.39 Å². The Balaban J connectivity index is 3.05. The zero-order chi connectivity index (χ0) is 10.4. The van der Waals surface area contributed by atoms with Gasteiger partial charge in [-0.2, -0.15) is 5.26 Å². The van der Waals surface area contributed by atoms with Crippen LogP contribution >= 0.6 is 0 Å². The molecule has 14 heavy (non-hydrogen) atoms. The van der Waals surface area contributed by atoms with Crippen molar-refractivity contribution in [2.24, 2.45) is 0 Å². The molecule has 70 valence electrons. The van der Waals surface area contributed by atoms with Crippen LogP contribution in [0.15, 0.2) is 18.2 Å². The summed E-state index contributed by atoms with van der Waals surface area (Å²) in [5.74, 6) is 4.94. The Bertz CT molecular complexity index is 423. The molecule has 1 rings (SSSR count). The Hall–Kier alpha value is -2.00. The highest BCUT2D eigenvalue weighted by molar-refractivity contribution is 5.46. The summed E-state index contributed by atoms with van der Waals surface area (Å²) in [5.41, 5.74) is 0.461. The standard InChI is InChI=1S/C11H8FNO/c1-14-11-9(5-2-3-8-13)6-4-7-10(11)12/h4,6-7H,3H2,1H3. The van der Waals surface area contributed by atoms with Gasteiger partial charge < -0.3 is 4.74 Å². The van der Waals surface area contributed by atoms with E-state index in [9.17, 15) is 4.39 Å². The molecule has 0 radical (unpaired) electrons. The van der Waals surface area contributed by atoms with Crippen LogP contribution in [0.3, 0.4) is 0 Å². The van der Waals surface area contributed by atoms with Gasteiger partial charge in [0.15, 0.2) is 11.6 Å². The molecular formula is C11H8FNO. The van der Waals surface area contributed by atoms with Crippen molar-refractivity contribution in [2.75, 3.05) is 7.11 Å². The fraction of sp³-hybridized carbons (Fsp3) is 0.182. The van der Waals surface area contributed by atoms with Gasteiger partial charge in [0, 0.05) is 0 Å². The number of hydrogen-bond donors (Lipinski definition) is 0. The molecule has 0 aromatic heterocycles. The molecule has 0 spiro atoms. The summed E-state index contributed by atoms with van der Waals surface area (Å²) in [7, 11) is 1.38. The molecule has 1 aromatic rings. The van der Waals surface area contributed by atoms with Crippen molar-refractivity contribution in [3.8, 4) is 23.7 Å². The maximum Gasteiger partial charge on any atom is 0.170 e. The number of para-hydroxylation sites is 1. The van der Waals surface area contributed by atoms with E-state index in [1.807, 2.05) is 6.07 Å². The van der Waals surface area contributed by atoms with Crippen molar-refractivity contribution in [1.82, 2.24) is 0 Å². The normalized spacial score (nSPS) is 8.36. The van der Waals surface area contributed by atoms with Crippen LogP contribution in [0.2, 0.25) is 0 Å². The quantitative estimate of drug-likeness (QED) is 0.634. The molecule has 0 heterocycles. The Kier molecular flexibility index (Phi) is 3.52. The molecule has 0 unspecified atom stereocenters. The van der Waals surface area contributed by atoms with Crippen LogP contribution in [-0.2, 0) is 0 Å². The summed E-state index contributed by atoms with van der Waals surface area (Å²) in [5, 5.41) is 8.27. The highest BCUT2D eigenvalue weighted by Gasteiger charge is 2.05. The molecular weight excluding hydrogens is 181 g/mol. The van der Waals surface area contributed by atoms with E-state index in [1.54, 1.807) is 12.1 Å². The lowest BCUT2D eigenvalue weighted by Crippen LogP contribution is -1.91. The van der Waals surface area contributed by atoms with Crippen LogP contribution in [0.1, 0.15) is 12.0 Å². The molecule has 0 saturated heterocycles. The second kappa shape index (κ2) is 4.89. The first kappa shape index (κ1) is 10.1. The number of methoxy groups -OCH3 is 1. The molecule has 2 nitrogen and oxygen atoms in total. The third kappa shape index (κ3) is 2.24. The second-order valence-electron chi connectivity index (χ2n) is 2.46. The van der Waals surface area contributed by atoms with E-state index in [0.29, 0.717) is 5.56 Å². The first-order valence-corrected chi connectivity index (χ1v) is 3.98. The average molecular weight is 189 g/mol. The van der Waals surface area contributed by atoms with Crippen LogP contribution in [0, 0.1) is 29.0 Å². The maximum absolute atomic E-state index is 13.1. The van der Waals surface area contributed by atoms with Crippen LogP contribution in [0.5, 0.6) is 5.75 Å². The number of rotatable bonds is 1. The summed E-state index contributed by atoms with van der Waals surface area (Å²) in [4.78, 5) is 0. The Morgan fingerprint density at radius 2 is 2.29 bits per heavy atom. The SMILES string of the molecule is COc1c(F)cccc1C#CCC#N. The van der Waals surface area contributed by atoms with Crippen molar-refractivity contribution in [2.45, 2.75) is 6.42 Å². The number of benzene rings is 1. The van der Waals surface area contributed by atoms with E-state index in [4.69, 9.17) is 10.00 Å². The lowest BCUT2D eigenvalue weighted by atomic mass is 10.2. The summed E-state index contributed by atoms with van der Waals surface area (Å²) in [6, 6.07) is 6.38. The number of hydrogen-bond acceptors (Lipinski definition) is 2. The second-order valence-corrected chi connectivity index (χ2v) is 2.46. The maximum atomic E-state index is 13.1. The molecule has 0 N–H and O–H groups in total. The number of ether oxygens (including phenoxy) is 1. The fourth-order valence-electron chi connectivity index (χ4n) is 0.994. The van der Waals surface area contributed by atoms with Gasteiger partial charge in [-0.3, -0.25) is 0 Å². The minimum Gasteiger partial charge on any atom is -0.492 e. The van der Waals surface area contributed by atoms with Crippen LogP contribution in [0.25, 0.3) is 0 Å². The Morgan fingerprint density at radius 1 is 1.50 bits per heavy atom. The predicted octanol–water partition coefficient (Wildman–Crippen LogP) is 2.10. The predicted molar refractivity (Wildman–Crippen MR) is 50.1 cm³/mol. The molecule has 0 saturated carbocycles. The van der Waals surface area contributed by atoms with Gasteiger partial charge in [-0.05, 0) is 12.1 Å². The average Bonchev–Trinajstić information content (AvgIpc) is 2.18.